The van der Waals surface area contributed by atoms with Gasteiger partial charge < -0.3 is 9.84 Å². The second-order valence-corrected chi connectivity index (χ2v) is 6.72. The van der Waals surface area contributed by atoms with Crippen molar-refractivity contribution >= 4 is 22.2 Å². The topological polar surface area (TPSA) is 58.0 Å². The van der Waals surface area contributed by atoms with Gasteiger partial charge in [-0.1, -0.05) is 35.6 Å². The maximum atomic E-state index is 13.2. The van der Waals surface area contributed by atoms with Gasteiger partial charge in [-0.2, -0.15) is 10.1 Å². The predicted octanol–water partition coefficient (Wildman–Crippen LogP) is 4.35. The normalized spacial score (nSPS) is 16.6. The van der Waals surface area contributed by atoms with Crippen molar-refractivity contribution in [1.29, 1.82) is 0 Å². The summed E-state index contributed by atoms with van der Waals surface area (Å²) in [7, 11) is 1.63. The molecule has 3 aromatic rings. The van der Waals surface area contributed by atoms with E-state index in [2.05, 4.69) is 4.98 Å². The van der Waals surface area contributed by atoms with Gasteiger partial charge in [0.15, 0.2) is 0 Å². The van der Waals surface area contributed by atoms with Crippen LogP contribution in [0.5, 0.6) is 11.6 Å². The van der Waals surface area contributed by atoms with Crippen molar-refractivity contribution in [2.75, 3.05) is 12.1 Å². The monoisotopic (exact) mass is 369 g/mol. The van der Waals surface area contributed by atoms with Crippen LogP contribution in [0.15, 0.2) is 59.0 Å². The van der Waals surface area contributed by atoms with Gasteiger partial charge >= 0.3 is 0 Å². The molecule has 7 heteroatoms. The smallest absolute Gasteiger partial charge is 0.223 e. The minimum atomic E-state index is -0.277. The number of hydrogen-bond acceptors (Lipinski definition) is 6. The van der Waals surface area contributed by atoms with Crippen LogP contribution in [-0.4, -0.2) is 22.9 Å². The number of methoxy groups -OCH3 is 1. The molecule has 132 valence electrons. The van der Waals surface area contributed by atoms with Gasteiger partial charge in [0.05, 0.1) is 24.2 Å². The summed E-state index contributed by atoms with van der Waals surface area (Å²) in [6.07, 6.45) is 0.651. The van der Waals surface area contributed by atoms with Gasteiger partial charge in [-0.25, -0.2) is 9.40 Å². The molecule has 0 spiro atoms. The molecule has 0 aliphatic carbocycles. The van der Waals surface area contributed by atoms with Crippen molar-refractivity contribution < 1.29 is 14.2 Å². The summed E-state index contributed by atoms with van der Waals surface area (Å²) >= 11 is 1.33. The summed E-state index contributed by atoms with van der Waals surface area (Å²) in [6.45, 7) is 0. The van der Waals surface area contributed by atoms with E-state index in [4.69, 9.17) is 9.84 Å². The Morgan fingerprint density at radius 2 is 1.88 bits per heavy atom. The van der Waals surface area contributed by atoms with Crippen LogP contribution in [0.25, 0.3) is 0 Å². The van der Waals surface area contributed by atoms with Crippen LogP contribution < -0.4 is 9.75 Å². The highest BCUT2D eigenvalue weighted by Crippen LogP contribution is 2.39. The lowest BCUT2D eigenvalue weighted by molar-refractivity contribution is 0.414. The predicted molar refractivity (Wildman–Crippen MR) is 99.5 cm³/mol. The maximum Gasteiger partial charge on any atom is 0.223 e. The van der Waals surface area contributed by atoms with E-state index in [9.17, 15) is 9.50 Å². The standard InChI is InChI=1S/C19H16FN3O2S/c1-25-15-8-4-13(5-9-15)17-10-16(12-2-6-14(20)7-3-12)22-23(17)19-21-18(24)11-26-19/h2-9,11,17,24H,10H2,1H3. The molecule has 0 radical (unpaired) electrons. The van der Waals surface area contributed by atoms with Crippen LogP contribution in [0, 0.1) is 5.82 Å². The Kier molecular flexibility index (Phi) is 4.30. The van der Waals surface area contributed by atoms with Gasteiger partial charge in [-0.05, 0) is 35.4 Å². The molecule has 1 aliphatic heterocycles. The van der Waals surface area contributed by atoms with E-state index in [1.807, 2.05) is 29.3 Å². The van der Waals surface area contributed by atoms with Crippen LogP contribution >= 0.6 is 11.3 Å². The molecule has 0 amide bonds. The first-order valence-corrected chi connectivity index (χ1v) is 8.93. The first-order chi connectivity index (χ1) is 12.6. The third-order valence-electron chi connectivity index (χ3n) is 4.26. The van der Waals surface area contributed by atoms with E-state index in [-0.39, 0.29) is 17.7 Å². The summed E-state index contributed by atoms with van der Waals surface area (Å²) < 4.78 is 18.5. The summed E-state index contributed by atoms with van der Waals surface area (Å²) in [6, 6.07) is 14.0. The molecule has 1 N–H and O–H groups in total. The fourth-order valence-corrected chi connectivity index (χ4v) is 3.64. The number of ether oxygens (including phenoxy) is 1. The number of rotatable bonds is 4. The van der Waals surface area contributed by atoms with Crippen molar-refractivity contribution in [3.05, 3.63) is 70.9 Å². The average Bonchev–Trinajstić information content (AvgIpc) is 3.29. The third-order valence-corrected chi connectivity index (χ3v) is 5.08. The van der Waals surface area contributed by atoms with E-state index in [1.54, 1.807) is 24.6 Å². The molecule has 0 saturated carbocycles. The van der Waals surface area contributed by atoms with Gasteiger partial charge in [0.25, 0.3) is 0 Å². The summed E-state index contributed by atoms with van der Waals surface area (Å²) in [5, 5.41) is 18.3. The molecule has 26 heavy (non-hydrogen) atoms. The van der Waals surface area contributed by atoms with Crippen molar-refractivity contribution in [1.82, 2.24) is 4.98 Å². The Labute approximate surface area is 154 Å². The molecule has 2 aromatic carbocycles. The molecular weight excluding hydrogens is 353 g/mol. The molecule has 1 aromatic heterocycles. The zero-order chi connectivity index (χ0) is 18.1. The van der Waals surface area contributed by atoms with E-state index < -0.39 is 0 Å². The summed E-state index contributed by atoms with van der Waals surface area (Å²) in [4.78, 5) is 4.15. The first kappa shape index (κ1) is 16.5. The first-order valence-electron chi connectivity index (χ1n) is 8.05. The number of nitrogens with zero attached hydrogens (tertiary/aromatic N) is 3. The van der Waals surface area contributed by atoms with Crippen LogP contribution in [-0.2, 0) is 0 Å². The lowest BCUT2D eigenvalue weighted by atomic mass is 9.98. The Bertz CT molecular complexity index is 938. The fourth-order valence-electron chi connectivity index (χ4n) is 2.95. The zero-order valence-electron chi connectivity index (χ0n) is 14.0. The molecule has 1 atom stereocenters. The lowest BCUT2D eigenvalue weighted by Crippen LogP contribution is -2.18. The molecule has 1 unspecified atom stereocenters. The third kappa shape index (κ3) is 3.13. The highest BCUT2D eigenvalue weighted by atomic mass is 32.1. The number of hydrogen-bond donors (Lipinski definition) is 1. The van der Waals surface area contributed by atoms with Gasteiger partial charge in [0.1, 0.15) is 11.6 Å². The maximum absolute atomic E-state index is 13.2. The minimum Gasteiger partial charge on any atom is -0.497 e. The molecule has 4 rings (SSSR count). The van der Waals surface area contributed by atoms with E-state index in [0.29, 0.717) is 11.6 Å². The zero-order valence-corrected chi connectivity index (χ0v) is 14.8. The SMILES string of the molecule is COc1ccc(C2CC(c3ccc(F)cc3)=NN2c2nc(O)cs2)cc1. The molecule has 0 bridgehead atoms. The summed E-state index contributed by atoms with van der Waals surface area (Å²) in [5.74, 6) is 0.481. The van der Waals surface area contributed by atoms with E-state index in [1.165, 1.54) is 23.5 Å². The number of anilines is 1. The molecule has 5 nitrogen and oxygen atoms in total. The van der Waals surface area contributed by atoms with Gasteiger partial charge in [0.2, 0.25) is 11.0 Å². The van der Waals surface area contributed by atoms with Crippen molar-refractivity contribution in [2.24, 2.45) is 5.10 Å². The van der Waals surface area contributed by atoms with Crippen molar-refractivity contribution in [2.45, 2.75) is 12.5 Å². The Morgan fingerprint density at radius 3 is 2.50 bits per heavy atom. The quantitative estimate of drug-likeness (QED) is 0.743. The second kappa shape index (κ2) is 6.76. The highest BCUT2D eigenvalue weighted by molar-refractivity contribution is 7.13. The van der Waals surface area contributed by atoms with Gasteiger partial charge in [-0.3, -0.25) is 0 Å². The Hall–Kier alpha value is -2.93. The van der Waals surface area contributed by atoms with Crippen molar-refractivity contribution in [3.63, 3.8) is 0 Å². The van der Waals surface area contributed by atoms with Crippen LogP contribution in [0.3, 0.4) is 0 Å². The Morgan fingerprint density at radius 1 is 1.15 bits per heavy atom. The van der Waals surface area contributed by atoms with Crippen LogP contribution in [0.2, 0.25) is 0 Å². The van der Waals surface area contributed by atoms with Gasteiger partial charge in [0, 0.05) is 6.42 Å². The summed E-state index contributed by atoms with van der Waals surface area (Å²) in [5.41, 5.74) is 2.77. The molecule has 0 saturated heterocycles. The van der Waals surface area contributed by atoms with Crippen LogP contribution in [0.4, 0.5) is 9.52 Å². The number of aromatic hydroxyl groups is 1. The second-order valence-electron chi connectivity index (χ2n) is 5.88. The van der Waals surface area contributed by atoms with E-state index in [0.717, 1.165) is 22.6 Å². The molecule has 0 fully saturated rings. The molecule has 1 aliphatic rings. The average molecular weight is 369 g/mol. The number of benzene rings is 2. The largest absolute Gasteiger partial charge is 0.497 e. The minimum absolute atomic E-state index is 0.0242. The lowest BCUT2D eigenvalue weighted by Gasteiger charge is -2.21. The highest BCUT2D eigenvalue weighted by Gasteiger charge is 2.31. The molecular formula is C19H16FN3O2S. The number of hydrazone groups is 1. The van der Waals surface area contributed by atoms with Crippen molar-refractivity contribution in [3.8, 4) is 11.6 Å². The number of thiazole rings is 1. The molecule has 2 heterocycles. The number of aromatic nitrogens is 1. The van der Waals surface area contributed by atoms with Crippen LogP contribution in [0.1, 0.15) is 23.6 Å². The van der Waals surface area contributed by atoms with Gasteiger partial charge in [-0.15, -0.1) is 0 Å². The fraction of sp³-hybridized carbons (Fsp3) is 0.158. The Balaban J connectivity index is 1.71. The van der Waals surface area contributed by atoms with E-state index >= 15 is 0 Å². The number of halogens is 1.